The maximum Gasteiger partial charge on any atom is 0.132 e. The highest BCUT2D eigenvalue weighted by atomic mass is 15.4. The van der Waals surface area contributed by atoms with Crippen LogP contribution in [-0.2, 0) is 5.41 Å². The predicted molar refractivity (Wildman–Crippen MR) is 81.0 cm³/mol. The van der Waals surface area contributed by atoms with Crippen LogP contribution < -0.4 is 10.6 Å². The molecule has 0 aliphatic carbocycles. The van der Waals surface area contributed by atoms with E-state index in [2.05, 4.69) is 31.7 Å². The molecule has 1 aromatic carbocycles. The first-order valence-corrected chi connectivity index (χ1v) is 6.43. The average molecular weight is 258 g/mol. The average Bonchev–Trinajstić information content (AvgIpc) is 2.74. The van der Waals surface area contributed by atoms with Crippen LogP contribution in [-0.4, -0.2) is 23.9 Å². The van der Waals surface area contributed by atoms with Gasteiger partial charge in [-0.05, 0) is 24.3 Å². The minimum absolute atomic E-state index is 0.0316. The van der Waals surface area contributed by atoms with Crippen molar-refractivity contribution in [1.82, 2.24) is 9.78 Å². The van der Waals surface area contributed by atoms with Gasteiger partial charge in [0.05, 0.1) is 11.4 Å². The molecule has 0 saturated heterocycles. The summed E-state index contributed by atoms with van der Waals surface area (Å²) in [4.78, 5) is 2.07. The number of hydrogen-bond donors (Lipinski definition) is 1. The molecule has 102 valence electrons. The van der Waals surface area contributed by atoms with Crippen LogP contribution in [0.1, 0.15) is 26.5 Å². The fraction of sp³-hybridized carbons (Fsp3) is 0.400. The van der Waals surface area contributed by atoms with E-state index < -0.39 is 0 Å². The van der Waals surface area contributed by atoms with Crippen LogP contribution in [0.3, 0.4) is 0 Å². The van der Waals surface area contributed by atoms with Gasteiger partial charge in [0.1, 0.15) is 5.82 Å². The third-order valence-corrected chi connectivity index (χ3v) is 3.05. The lowest BCUT2D eigenvalue weighted by Crippen LogP contribution is -2.14. The number of aromatic nitrogens is 2. The molecule has 19 heavy (non-hydrogen) atoms. The van der Waals surface area contributed by atoms with Gasteiger partial charge in [0, 0.05) is 31.3 Å². The van der Waals surface area contributed by atoms with Gasteiger partial charge in [-0.1, -0.05) is 20.8 Å². The van der Waals surface area contributed by atoms with E-state index in [1.165, 1.54) is 0 Å². The van der Waals surface area contributed by atoms with E-state index in [0.29, 0.717) is 0 Å². The van der Waals surface area contributed by atoms with Crippen LogP contribution in [0, 0.1) is 0 Å². The Morgan fingerprint density at radius 3 is 2.16 bits per heavy atom. The minimum atomic E-state index is 0.0316. The van der Waals surface area contributed by atoms with Crippen LogP contribution in [0.25, 0.3) is 5.69 Å². The minimum Gasteiger partial charge on any atom is -0.399 e. The van der Waals surface area contributed by atoms with E-state index in [1.807, 2.05) is 43.0 Å². The Labute approximate surface area is 114 Å². The van der Waals surface area contributed by atoms with Crippen LogP contribution in [0.15, 0.2) is 30.3 Å². The van der Waals surface area contributed by atoms with Crippen molar-refractivity contribution in [2.75, 3.05) is 24.7 Å². The number of nitrogen functional groups attached to an aromatic ring is 1. The number of benzene rings is 1. The Bertz CT molecular complexity index is 559. The lowest BCUT2D eigenvalue weighted by Gasteiger charge is -2.14. The summed E-state index contributed by atoms with van der Waals surface area (Å²) >= 11 is 0. The summed E-state index contributed by atoms with van der Waals surface area (Å²) in [7, 11) is 4.05. The molecule has 2 N–H and O–H groups in total. The molecule has 0 unspecified atom stereocenters. The number of rotatable bonds is 2. The Hall–Kier alpha value is -1.97. The first-order valence-electron chi connectivity index (χ1n) is 6.43. The molecule has 1 aromatic heterocycles. The summed E-state index contributed by atoms with van der Waals surface area (Å²) in [5.41, 5.74) is 8.63. The largest absolute Gasteiger partial charge is 0.399 e. The molecular weight excluding hydrogens is 236 g/mol. The second kappa shape index (κ2) is 4.61. The van der Waals surface area contributed by atoms with Crippen LogP contribution >= 0.6 is 0 Å². The zero-order chi connectivity index (χ0) is 14.2. The van der Waals surface area contributed by atoms with Crippen LogP contribution in [0.4, 0.5) is 11.5 Å². The Morgan fingerprint density at radius 2 is 1.68 bits per heavy atom. The molecule has 0 bridgehead atoms. The molecule has 1 heterocycles. The van der Waals surface area contributed by atoms with Crippen molar-refractivity contribution in [1.29, 1.82) is 0 Å². The third-order valence-electron chi connectivity index (χ3n) is 3.05. The molecule has 4 nitrogen and oxygen atoms in total. The van der Waals surface area contributed by atoms with Crippen molar-refractivity contribution in [3.05, 3.63) is 36.0 Å². The summed E-state index contributed by atoms with van der Waals surface area (Å²) in [6.07, 6.45) is 0. The summed E-state index contributed by atoms with van der Waals surface area (Å²) in [5.74, 6) is 1.06. The highest BCUT2D eigenvalue weighted by Crippen LogP contribution is 2.27. The zero-order valence-corrected chi connectivity index (χ0v) is 12.3. The third kappa shape index (κ3) is 2.72. The van der Waals surface area contributed by atoms with Gasteiger partial charge in [-0.15, -0.1) is 0 Å². The normalized spacial score (nSPS) is 11.6. The molecule has 2 aromatic rings. The monoisotopic (exact) mass is 258 g/mol. The Kier molecular flexibility index (Phi) is 3.27. The number of anilines is 2. The Morgan fingerprint density at radius 1 is 1.11 bits per heavy atom. The van der Waals surface area contributed by atoms with Crippen LogP contribution in [0.5, 0.6) is 0 Å². The zero-order valence-electron chi connectivity index (χ0n) is 12.3. The first-order chi connectivity index (χ1) is 8.79. The first kappa shape index (κ1) is 13.5. The molecule has 0 aliphatic rings. The SMILES string of the molecule is CN(C)c1cc(C(C)(C)C)nn1-c1ccc(N)cc1. The Balaban J connectivity index is 2.55. The van der Waals surface area contributed by atoms with Gasteiger partial charge in [-0.3, -0.25) is 0 Å². The number of nitrogens with two attached hydrogens (primary N) is 1. The molecule has 0 amide bonds. The van der Waals surface area contributed by atoms with Gasteiger partial charge < -0.3 is 10.6 Å². The van der Waals surface area contributed by atoms with Crippen molar-refractivity contribution in [3.8, 4) is 5.69 Å². The quantitative estimate of drug-likeness (QED) is 0.843. The fourth-order valence-electron chi connectivity index (χ4n) is 1.86. The van der Waals surface area contributed by atoms with E-state index >= 15 is 0 Å². The second-order valence-electron chi connectivity index (χ2n) is 6.04. The lowest BCUT2D eigenvalue weighted by molar-refractivity contribution is 0.560. The molecule has 0 aliphatic heterocycles. The van der Waals surface area contributed by atoms with Gasteiger partial charge in [0.15, 0.2) is 0 Å². The number of nitrogens with zero attached hydrogens (tertiary/aromatic N) is 3. The smallest absolute Gasteiger partial charge is 0.132 e. The highest BCUT2D eigenvalue weighted by molar-refractivity contribution is 5.51. The number of hydrogen-bond acceptors (Lipinski definition) is 3. The highest BCUT2D eigenvalue weighted by Gasteiger charge is 2.21. The van der Waals surface area contributed by atoms with Gasteiger partial charge >= 0.3 is 0 Å². The molecule has 0 radical (unpaired) electrons. The predicted octanol–water partition coefficient (Wildman–Crippen LogP) is 2.82. The summed E-state index contributed by atoms with van der Waals surface area (Å²) in [6.45, 7) is 6.51. The molecule has 2 rings (SSSR count). The van der Waals surface area contributed by atoms with Crippen molar-refractivity contribution >= 4 is 11.5 Å². The van der Waals surface area contributed by atoms with E-state index in [1.54, 1.807) is 0 Å². The fourth-order valence-corrected chi connectivity index (χ4v) is 1.86. The molecule has 4 heteroatoms. The van der Waals surface area contributed by atoms with E-state index in [0.717, 1.165) is 22.9 Å². The van der Waals surface area contributed by atoms with E-state index in [4.69, 9.17) is 10.8 Å². The van der Waals surface area contributed by atoms with Gasteiger partial charge in [0.2, 0.25) is 0 Å². The van der Waals surface area contributed by atoms with Crippen LogP contribution in [0.2, 0.25) is 0 Å². The van der Waals surface area contributed by atoms with Gasteiger partial charge in [-0.2, -0.15) is 5.10 Å². The van der Waals surface area contributed by atoms with Crippen molar-refractivity contribution < 1.29 is 0 Å². The summed E-state index contributed by atoms with van der Waals surface area (Å²) < 4.78 is 1.96. The molecule has 0 atom stereocenters. The maximum absolute atomic E-state index is 5.74. The maximum atomic E-state index is 5.74. The standard InChI is InChI=1S/C15H22N4/c1-15(2,3)13-10-14(18(4)5)19(17-13)12-8-6-11(16)7-9-12/h6-10H,16H2,1-5H3. The van der Waals surface area contributed by atoms with E-state index in [9.17, 15) is 0 Å². The van der Waals surface area contributed by atoms with Gasteiger partial charge in [-0.25, -0.2) is 4.68 Å². The molecule has 0 spiro atoms. The lowest BCUT2D eigenvalue weighted by atomic mass is 9.92. The van der Waals surface area contributed by atoms with Crippen molar-refractivity contribution in [2.45, 2.75) is 26.2 Å². The molecule has 0 saturated carbocycles. The van der Waals surface area contributed by atoms with E-state index in [-0.39, 0.29) is 5.41 Å². The molecular formula is C15H22N4. The molecule has 0 fully saturated rings. The summed E-state index contributed by atoms with van der Waals surface area (Å²) in [6, 6.07) is 9.90. The van der Waals surface area contributed by atoms with Gasteiger partial charge in [0.25, 0.3) is 0 Å². The second-order valence-corrected chi connectivity index (χ2v) is 6.04. The van der Waals surface area contributed by atoms with Crippen molar-refractivity contribution in [2.24, 2.45) is 0 Å². The summed E-state index contributed by atoms with van der Waals surface area (Å²) in [5, 5.41) is 4.74. The topological polar surface area (TPSA) is 47.1 Å². The van der Waals surface area contributed by atoms with Crippen molar-refractivity contribution in [3.63, 3.8) is 0 Å².